The molecular formula is C47H55FN6O6. The monoisotopic (exact) mass is 818 g/mol. The number of aromatic nitrogens is 3. The van der Waals surface area contributed by atoms with Gasteiger partial charge in [0.05, 0.1) is 23.1 Å². The molecule has 60 heavy (non-hydrogen) atoms. The van der Waals surface area contributed by atoms with Crippen LogP contribution in [0.25, 0.3) is 32.9 Å². The lowest BCUT2D eigenvalue weighted by Gasteiger charge is -2.40. The molecule has 8 rings (SSSR count). The number of rotatable bonds is 12. The summed E-state index contributed by atoms with van der Waals surface area (Å²) in [5.74, 6) is -0.376. The van der Waals surface area contributed by atoms with Crippen molar-refractivity contribution < 1.29 is 32.9 Å². The highest BCUT2D eigenvalue weighted by molar-refractivity contribution is 6.00. The van der Waals surface area contributed by atoms with Gasteiger partial charge in [0.1, 0.15) is 30.0 Å². The number of alkyl carbamates (subject to hydrolysis) is 1. The Morgan fingerprint density at radius 1 is 0.900 bits per heavy atom. The average molecular weight is 819 g/mol. The number of nitrogens with one attached hydrogen (secondary N) is 1. The molecule has 3 saturated heterocycles. The smallest absolute Gasteiger partial charge is 0.410 e. The molecule has 0 spiro atoms. The van der Waals surface area contributed by atoms with Crippen molar-refractivity contribution in [2.45, 2.75) is 102 Å². The summed E-state index contributed by atoms with van der Waals surface area (Å²) in [4.78, 5) is 43.9. The van der Waals surface area contributed by atoms with Crippen molar-refractivity contribution in [2.75, 3.05) is 39.4 Å². The fourth-order valence-electron chi connectivity index (χ4n) is 9.12. The minimum Gasteiger partial charge on any atom is -0.472 e. The largest absolute Gasteiger partial charge is 0.472 e. The number of pyridine rings is 1. The van der Waals surface area contributed by atoms with Gasteiger partial charge in [0.2, 0.25) is 5.88 Å². The molecular weight excluding hydrogens is 764 g/mol. The number of fused-ring (bicyclic) bond motifs is 3. The first kappa shape index (κ1) is 41.2. The SMILES string of the molecule is CC1(NC(=O)OCCCc2cccc3cccc(-c4ncc5c(OCc6ccccc6)nc(OCC67CCCN6CCC7)nc5c4F)c23)CCCN(C(=O)OC(C)(C)C)C1. The number of hydrogen-bond donors (Lipinski definition) is 1. The molecule has 13 heteroatoms. The number of ether oxygens (including phenoxy) is 4. The van der Waals surface area contributed by atoms with E-state index in [4.69, 9.17) is 18.9 Å². The number of likely N-dealkylation sites (tertiary alicyclic amines) is 1. The van der Waals surface area contributed by atoms with Crippen LogP contribution in [0, 0.1) is 5.82 Å². The number of halogens is 1. The highest BCUT2D eigenvalue weighted by atomic mass is 19.1. The third-order valence-corrected chi connectivity index (χ3v) is 11.9. The van der Waals surface area contributed by atoms with Crippen molar-refractivity contribution in [1.29, 1.82) is 0 Å². The van der Waals surface area contributed by atoms with Crippen LogP contribution >= 0.6 is 0 Å². The molecule has 5 aromatic rings. The number of carbonyl (C=O) groups excluding carboxylic acids is 2. The van der Waals surface area contributed by atoms with Gasteiger partial charge in [0, 0.05) is 24.8 Å². The lowest BCUT2D eigenvalue weighted by Crippen LogP contribution is -2.58. The Bertz CT molecular complexity index is 2340. The van der Waals surface area contributed by atoms with Gasteiger partial charge in [-0.25, -0.2) is 14.0 Å². The van der Waals surface area contributed by atoms with Crippen molar-refractivity contribution in [3.8, 4) is 23.1 Å². The maximum Gasteiger partial charge on any atom is 0.410 e. The van der Waals surface area contributed by atoms with E-state index in [-0.39, 0.29) is 41.9 Å². The van der Waals surface area contributed by atoms with Crippen LogP contribution in [0.4, 0.5) is 14.0 Å². The summed E-state index contributed by atoms with van der Waals surface area (Å²) in [6.45, 7) is 11.3. The lowest BCUT2D eigenvalue weighted by atomic mass is 9.91. The summed E-state index contributed by atoms with van der Waals surface area (Å²) < 4.78 is 40.9. The van der Waals surface area contributed by atoms with Crippen molar-refractivity contribution in [1.82, 2.24) is 30.1 Å². The van der Waals surface area contributed by atoms with Crippen molar-refractivity contribution in [3.63, 3.8) is 0 Å². The first-order chi connectivity index (χ1) is 28.9. The molecule has 0 aliphatic carbocycles. The zero-order chi connectivity index (χ0) is 41.9. The first-order valence-corrected chi connectivity index (χ1v) is 21.2. The van der Waals surface area contributed by atoms with E-state index in [1.165, 1.54) is 0 Å². The third-order valence-electron chi connectivity index (χ3n) is 11.9. The van der Waals surface area contributed by atoms with Crippen LogP contribution in [-0.2, 0) is 22.5 Å². The second-order valence-electron chi connectivity index (χ2n) is 17.7. The van der Waals surface area contributed by atoms with Gasteiger partial charge >= 0.3 is 18.2 Å². The van der Waals surface area contributed by atoms with E-state index in [0.717, 1.165) is 67.1 Å². The molecule has 5 heterocycles. The molecule has 1 atom stereocenters. The summed E-state index contributed by atoms with van der Waals surface area (Å²) in [6, 6.07) is 21.6. The summed E-state index contributed by atoms with van der Waals surface area (Å²) in [7, 11) is 0. The highest BCUT2D eigenvalue weighted by Crippen LogP contribution is 2.40. The van der Waals surface area contributed by atoms with Gasteiger partial charge in [0.15, 0.2) is 5.82 Å². The van der Waals surface area contributed by atoms with E-state index in [0.29, 0.717) is 49.9 Å². The van der Waals surface area contributed by atoms with Crippen molar-refractivity contribution >= 4 is 33.9 Å². The van der Waals surface area contributed by atoms with Crippen LogP contribution in [0.3, 0.4) is 0 Å². The molecule has 316 valence electrons. The molecule has 12 nitrogen and oxygen atoms in total. The molecule has 1 unspecified atom stereocenters. The number of hydrogen-bond acceptors (Lipinski definition) is 10. The second-order valence-corrected chi connectivity index (χ2v) is 17.7. The maximum atomic E-state index is 17.1. The average Bonchev–Trinajstić information content (AvgIpc) is 3.81. The zero-order valence-corrected chi connectivity index (χ0v) is 35.1. The minimum absolute atomic E-state index is 0.0434. The number of piperidine rings is 1. The predicted molar refractivity (Wildman–Crippen MR) is 228 cm³/mol. The predicted octanol–water partition coefficient (Wildman–Crippen LogP) is 9.02. The van der Waals surface area contributed by atoms with Gasteiger partial charge in [-0.15, -0.1) is 0 Å². The Labute approximate surface area is 350 Å². The van der Waals surface area contributed by atoms with E-state index >= 15 is 4.39 Å². The Hall–Kier alpha value is -5.56. The number of aryl methyl sites for hydroxylation is 1. The van der Waals surface area contributed by atoms with Gasteiger partial charge in [-0.1, -0.05) is 66.7 Å². The van der Waals surface area contributed by atoms with Crippen LogP contribution in [0.5, 0.6) is 11.9 Å². The van der Waals surface area contributed by atoms with E-state index in [9.17, 15) is 9.59 Å². The van der Waals surface area contributed by atoms with Crippen molar-refractivity contribution in [3.05, 3.63) is 89.9 Å². The van der Waals surface area contributed by atoms with Crippen LogP contribution in [0.15, 0.2) is 72.9 Å². The van der Waals surface area contributed by atoms with Gasteiger partial charge < -0.3 is 29.2 Å². The van der Waals surface area contributed by atoms with E-state index in [2.05, 4.69) is 25.2 Å². The van der Waals surface area contributed by atoms with E-state index < -0.39 is 29.1 Å². The van der Waals surface area contributed by atoms with Crippen LogP contribution in [0.1, 0.15) is 83.8 Å². The van der Waals surface area contributed by atoms with Crippen molar-refractivity contribution in [2.24, 2.45) is 0 Å². The maximum absolute atomic E-state index is 17.1. The molecule has 0 radical (unpaired) electrons. The Morgan fingerprint density at radius 2 is 1.65 bits per heavy atom. The molecule has 3 fully saturated rings. The first-order valence-electron chi connectivity index (χ1n) is 21.2. The molecule has 1 N–H and O–H groups in total. The fourth-order valence-corrected chi connectivity index (χ4v) is 9.12. The van der Waals surface area contributed by atoms with Crippen LogP contribution in [-0.4, -0.2) is 93.0 Å². The lowest BCUT2D eigenvalue weighted by molar-refractivity contribution is 0.0119. The van der Waals surface area contributed by atoms with Gasteiger partial charge in [-0.2, -0.15) is 9.97 Å². The molecule has 2 aromatic heterocycles. The standard InChI is InChI=1S/C47H55FN6O6/c1-45(2,3)60-44(56)53-24-11-21-46(4,30-53)52-43(55)57-27-10-19-34-17-8-16-33-18-9-20-35(37(33)34)39-38(48)40-36(28-49-39)41(58-29-32-14-6-5-7-15-32)51-42(50-40)59-31-47-22-12-25-54(47)26-13-23-47/h5-9,14-18,20,28H,10-13,19,21-27,29-31H2,1-4H3,(H,52,55). The number of benzene rings is 3. The molecule has 3 aliphatic rings. The van der Waals surface area contributed by atoms with Crippen LogP contribution in [0.2, 0.25) is 0 Å². The third kappa shape index (κ3) is 9.11. The Kier molecular flexibility index (Phi) is 11.8. The van der Waals surface area contributed by atoms with Gasteiger partial charge in [-0.3, -0.25) is 9.88 Å². The zero-order valence-electron chi connectivity index (χ0n) is 35.1. The van der Waals surface area contributed by atoms with Gasteiger partial charge in [0.25, 0.3) is 0 Å². The number of amides is 2. The number of nitrogens with zero attached hydrogens (tertiary/aromatic N) is 5. The summed E-state index contributed by atoms with van der Waals surface area (Å²) in [6.07, 6.45) is 7.56. The number of carbonyl (C=O) groups is 2. The summed E-state index contributed by atoms with van der Waals surface area (Å²) in [5.41, 5.74) is 1.48. The minimum atomic E-state index is -0.646. The Morgan fingerprint density at radius 3 is 2.42 bits per heavy atom. The molecule has 3 aliphatic heterocycles. The molecule has 0 bridgehead atoms. The Balaban J connectivity index is 1.00. The van der Waals surface area contributed by atoms with Gasteiger partial charge in [-0.05, 0) is 114 Å². The second kappa shape index (κ2) is 17.2. The highest BCUT2D eigenvalue weighted by Gasteiger charge is 2.45. The van der Waals surface area contributed by atoms with E-state index in [1.807, 2.05) is 94.4 Å². The molecule has 2 amide bonds. The topological polar surface area (TPSA) is 128 Å². The molecule has 0 saturated carbocycles. The fraction of sp³-hybridized carbons (Fsp3) is 0.468. The molecule has 3 aromatic carbocycles. The summed E-state index contributed by atoms with van der Waals surface area (Å²) >= 11 is 0. The van der Waals surface area contributed by atoms with Crippen LogP contribution < -0.4 is 14.8 Å². The normalized spacial score (nSPS) is 19.0. The van der Waals surface area contributed by atoms with E-state index in [1.54, 1.807) is 11.1 Å². The quantitative estimate of drug-likeness (QED) is 0.122. The summed E-state index contributed by atoms with van der Waals surface area (Å²) in [5, 5.41) is 5.14.